The topological polar surface area (TPSA) is 244 Å². The summed E-state index contributed by atoms with van der Waals surface area (Å²) in [6.45, 7) is 14.4. The quantitative estimate of drug-likeness (QED) is 0.0321. The van der Waals surface area contributed by atoms with Crippen LogP contribution in [0.3, 0.4) is 0 Å². The Morgan fingerprint density at radius 3 is 1.50 bits per heavy atom. The number of amides is 1. The van der Waals surface area contributed by atoms with Crippen LogP contribution in [0.2, 0.25) is 5.15 Å². The standard InChI is InChI=1S/C8H10O4.C7H8N2O3.C5H2ClN3.C5H5N3O2.C2H5I.CH4.2CH3.5HI.2V/c1-3-11-7(9)5-6-8(10)12-4-2;1-2-12-7(11)5-3-6(10)9-4-8-5;1-7-5-2-4(6)8-3-9-5;6-5(10)3-1-4(9)8-2-7-3;1-2-3;;;;;;;;;;/h3-4H2,1-2H3;3-4H,2H2,1H3,(H,8,9,10);2-3H;1-2H,(H2,6,10)(H,7,8,9);2H2,1H3;1H4;2*1H3;5*1H;;/q;;;;;;2*-1;;;;;;+2;+3/p-5. The Balaban J connectivity index is -0.000000104. The Morgan fingerprint density at radius 1 is 0.839 bits per heavy atom. The number of aromatic amines is 2. The number of hydrogen-bond acceptors (Lipinski definition) is 13. The van der Waals surface area contributed by atoms with E-state index in [9.17, 15) is 28.8 Å². The summed E-state index contributed by atoms with van der Waals surface area (Å²) in [5, 5.41) is 0.302. The summed E-state index contributed by atoms with van der Waals surface area (Å²) in [5.41, 5.74) is 4.08. The zero-order valence-electron chi connectivity index (χ0n) is 29.8. The van der Waals surface area contributed by atoms with Crippen LogP contribution < -0.4 is 16.9 Å². The number of nitrogens with zero attached hydrogens (tertiary/aromatic N) is 5. The first kappa shape index (κ1) is 70.2. The van der Waals surface area contributed by atoms with E-state index in [0.29, 0.717) is 14.6 Å². The molecule has 0 spiro atoms. The number of ether oxygens (including phenoxy) is 3. The van der Waals surface area contributed by atoms with Crippen LogP contribution in [0.5, 0.6) is 0 Å². The van der Waals surface area contributed by atoms with Crippen molar-refractivity contribution in [1.29, 1.82) is 0 Å². The fourth-order valence-electron chi connectivity index (χ4n) is 2.01. The van der Waals surface area contributed by atoms with Gasteiger partial charge in [-0.3, -0.25) is 14.4 Å². The van der Waals surface area contributed by atoms with Gasteiger partial charge in [-0.2, -0.15) is 0 Å². The van der Waals surface area contributed by atoms with Gasteiger partial charge in [-0.05, 0) is 25.2 Å². The third-order valence-electron chi connectivity index (χ3n) is 3.64. The van der Waals surface area contributed by atoms with Crippen LogP contribution in [0.1, 0.15) is 56.1 Å². The third kappa shape index (κ3) is 51.6. The van der Waals surface area contributed by atoms with Gasteiger partial charge in [-0.15, -0.1) is 4.98 Å². The van der Waals surface area contributed by atoms with Gasteiger partial charge < -0.3 is 49.6 Å². The molecule has 0 saturated carbocycles. The summed E-state index contributed by atoms with van der Waals surface area (Å²) >= 11 is 19.8. The first-order valence-corrected chi connectivity index (χ1v) is 38.0. The molecule has 315 valence electrons. The van der Waals surface area contributed by atoms with Crippen LogP contribution >= 0.6 is 134 Å². The van der Waals surface area contributed by atoms with Crippen molar-refractivity contribution in [3.8, 4) is 11.8 Å². The Hall–Kier alpha value is -0.391. The van der Waals surface area contributed by atoms with Crippen LogP contribution in [0, 0.1) is 33.3 Å². The molecule has 0 bridgehead atoms. The molecule has 26 heteroatoms. The summed E-state index contributed by atoms with van der Waals surface area (Å²) < 4.78 is 14.7. The van der Waals surface area contributed by atoms with Crippen LogP contribution in [-0.2, 0) is 38.2 Å². The Morgan fingerprint density at radius 2 is 1.21 bits per heavy atom. The molecule has 4 N–H and O–H groups in total. The molecule has 3 aromatic rings. The number of halogens is 7. The van der Waals surface area contributed by atoms with Crippen molar-refractivity contribution in [2.75, 3.05) is 24.2 Å². The molecule has 17 nitrogen and oxygen atoms in total. The number of rotatable bonds is 5. The molecule has 0 radical (unpaired) electrons. The molecule has 3 rings (SSSR count). The number of alkyl halides is 1. The van der Waals surface area contributed by atoms with E-state index < -0.39 is 23.8 Å². The van der Waals surface area contributed by atoms with Crippen LogP contribution in [0.4, 0.5) is 5.82 Å². The summed E-state index contributed by atoms with van der Waals surface area (Å²) in [4.78, 5) is 85.3. The molecule has 0 saturated heterocycles. The van der Waals surface area contributed by atoms with Gasteiger partial charge in [-0.25, -0.2) is 29.3 Å². The summed E-state index contributed by atoms with van der Waals surface area (Å²) in [6.07, 6.45) is 3.55. The number of esters is 3. The molecule has 1 amide bonds. The molecule has 0 unspecified atom stereocenters. The van der Waals surface area contributed by atoms with Crippen LogP contribution in [0.25, 0.3) is 4.85 Å². The number of H-pyrrole nitrogens is 2. The third-order valence-corrected chi connectivity index (χ3v) is 3.85. The van der Waals surface area contributed by atoms with Gasteiger partial charge in [0.05, 0.1) is 32.5 Å². The zero-order valence-corrected chi connectivity index (χ0v) is 46.3. The molecule has 0 aliphatic heterocycles. The number of nitrogens with one attached hydrogen (secondary N) is 2. The van der Waals surface area contributed by atoms with E-state index in [4.69, 9.17) is 23.9 Å². The molecule has 3 aromatic heterocycles. The van der Waals surface area contributed by atoms with Crippen LogP contribution in [0.15, 0.2) is 46.8 Å². The Bertz CT molecular complexity index is 1690. The second-order valence-corrected chi connectivity index (χ2v) is 56.3. The second-order valence-electron chi connectivity index (χ2n) is 7.20. The van der Waals surface area contributed by atoms with Gasteiger partial charge in [0.15, 0.2) is 5.69 Å². The Kier molecular flexibility index (Phi) is 63.6. The van der Waals surface area contributed by atoms with Gasteiger partial charge in [0.1, 0.15) is 10.8 Å². The predicted octanol–water partition coefficient (Wildman–Crippen LogP) is 8.01. The van der Waals surface area contributed by atoms with Crippen LogP contribution in [-0.4, -0.2) is 78.0 Å². The summed E-state index contributed by atoms with van der Waals surface area (Å²) in [5.74, 6) is 1.52. The van der Waals surface area contributed by atoms with E-state index in [1.807, 2.05) is 11.8 Å². The summed E-state index contributed by atoms with van der Waals surface area (Å²) in [7, 11) is 0.628. The Labute approximate surface area is 412 Å². The molecule has 0 fully saturated rings. The maximum absolute atomic E-state index is 11.0. The van der Waals surface area contributed by atoms with Crippen molar-refractivity contribution in [1.82, 2.24) is 29.9 Å². The van der Waals surface area contributed by atoms with Gasteiger partial charge in [0.2, 0.25) is 6.33 Å². The minimum absolute atomic E-state index is 0. The molecule has 0 aliphatic rings. The number of nitrogens with two attached hydrogens (primary N) is 1. The molecule has 0 aliphatic carbocycles. The van der Waals surface area contributed by atoms with E-state index in [1.54, 1.807) is 20.8 Å². The van der Waals surface area contributed by atoms with Crippen molar-refractivity contribution >= 4 is 164 Å². The average Bonchev–Trinajstić information content (AvgIpc) is 3.09. The molecule has 0 atom stereocenters. The zero-order chi connectivity index (χ0) is 41.6. The maximum atomic E-state index is 11.0. The van der Waals surface area contributed by atoms with E-state index in [-0.39, 0.29) is 75.3 Å². The van der Waals surface area contributed by atoms with Crippen molar-refractivity contribution < 1.29 is 47.8 Å². The van der Waals surface area contributed by atoms with E-state index in [2.05, 4.69) is 178 Å². The first-order chi connectivity index (χ1) is 25.0. The monoisotopic (exact) mass is 1550 g/mol. The van der Waals surface area contributed by atoms with Gasteiger partial charge in [0.25, 0.3) is 22.8 Å². The van der Waals surface area contributed by atoms with E-state index >= 15 is 0 Å². The molecule has 3 heterocycles. The van der Waals surface area contributed by atoms with Gasteiger partial charge in [0, 0.05) is 30.0 Å². The number of aromatic nitrogens is 6. The molecule has 0 aromatic carbocycles. The van der Waals surface area contributed by atoms with Crippen molar-refractivity contribution in [2.24, 2.45) is 5.73 Å². The van der Waals surface area contributed by atoms with Crippen molar-refractivity contribution in [3.05, 3.63) is 101 Å². The minimum atomic E-state index is -0.717. The van der Waals surface area contributed by atoms with Crippen molar-refractivity contribution in [3.63, 3.8) is 0 Å². The second kappa shape index (κ2) is 50.8. The van der Waals surface area contributed by atoms with Gasteiger partial charge in [-0.1, -0.05) is 55.1 Å². The summed E-state index contributed by atoms with van der Waals surface area (Å²) in [6, 6.07) is 3.55. The number of carbonyl (C=O) groups excluding carboxylic acids is 4. The fourth-order valence-corrected chi connectivity index (χ4v) is 2.15. The first-order valence-electron chi connectivity index (χ1n) is 13.6. The normalized spacial score (nSPS) is 7.91. The SMILES string of the molecule is C.CCI.CCOC(=O)C#CC(=O)OCC.CCOC(=O)c1cc(=O)[nH]cn1.NC(=O)c1cc(=O)[nH]cn1.[C-]#[N+]c1cc(Cl)ncn1.[CH3-].[CH3-].[I][V]([I])[I].[I][V][I]. The fraction of sp³-hybridized carbons (Fsp3) is 0.300. The number of primary amides is 1. The van der Waals surface area contributed by atoms with Crippen molar-refractivity contribution in [2.45, 2.75) is 35.1 Å². The molecule has 56 heavy (non-hydrogen) atoms. The van der Waals surface area contributed by atoms with Gasteiger partial charge >= 0.3 is 132 Å². The number of hydrogen-bond donors (Lipinski definition) is 3. The molecular formula is C30H40ClI6N8O9V2-2. The molecular weight excluding hydrogens is 1520 g/mol. The number of carbonyl (C=O) groups is 4. The van der Waals surface area contributed by atoms with E-state index in [0.717, 1.165) is 24.8 Å². The van der Waals surface area contributed by atoms with E-state index in [1.165, 1.54) is 16.8 Å². The average molecular weight is 1560 g/mol. The predicted molar refractivity (Wildman–Crippen MR) is 263 cm³/mol.